The van der Waals surface area contributed by atoms with Crippen LogP contribution in [-0.2, 0) is 25.6 Å². The molecular formula is C58H79N9O7S. The third-order valence-corrected chi connectivity index (χ3v) is 15.0. The lowest BCUT2D eigenvalue weighted by molar-refractivity contribution is -0.144. The molecule has 0 aliphatic carbocycles. The van der Waals surface area contributed by atoms with Crippen LogP contribution < -0.4 is 26.0 Å². The average molecular weight is 1050 g/mol. The first kappa shape index (κ1) is 57.7. The number of aliphatic hydroxyl groups is 1. The standard InChI is InChI=1S/C58H79N9O7S/c1-39(42-25-27-43(28-26-42)53-40(2)60-38-75-53)61-56(72)48-35-45(68)37-67(48)57(73)54(58(3,4)5)62-51(70)21-14-12-10-8-9-11-13-15-22-52(71)66(7)33-18-32-65(6)44-29-23-41(24-30-44)31-34-74-50-36-47(63-64-55(50)59)46-19-16-17-20-49(46)69/h16-17,19-20,23-30,36,38-39,45,48,54,68-69H,8-15,18,21-22,31-35,37H2,1-7H3,(H2,59,64)(H,61,72)(H,62,70). The number of phenols is 1. The summed E-state index contributed by atoms with van der Waals surface area (Å²) in [5, 5.41) is 35.0. The van der Waals surface area contributed by atoms with Crippen LogP contribution in [-0.4, -0.2) is 117 Å². The van der Waals surface area contributed by atoms with Crippen molar-refractivity contribution in [3.05, 3.63) is 101 Å². The molecular weight excluding hydrogens is 967 g/mol. The van der Waals surface area contributed by atoms with Gasteiger partial charge in [-0.3, -0.25) is 19.2 Å². The van der Waals surface area contributed by atoms with Crippen LogP contribution in [0.15, 0.2) is 84.4 Å². The molecule has 1 aliphatic heterocycles. The number of nitrogens with two attached hydrogens (primary N) is 1. The number of thiazole rings is 1. The summed E-state index contributed by atoms with van der Waals surface area (Å²) in [5.74, 6) is -0.0123. The number of nitrogens with zero attached hydrogens (tertiary/aromatic N) is 6. The van der Waals surface area contributed by atoms with E-state index in [2.05, 4.69) is 62.0 Å². The number of hydrogen-bond donors (Lipinski definition) is 5. The van der Waals surface area contributed by atoms with Gasteiger partial charge in [-0.05, 0) is 79.5 Å². The lowest BCUT2D eigenvalue weighted by Gasteiger charge is -2.35. The highest BCUT2D eigenvalue weighted by molar-refractivity contribution is 7.13. The molecule has 4 unspecified atom stereocenters. The fraction of sp³-hybridized carbons (Fsp3) is 0.500. The number of β-amino-alcohol motifs (C(OH)–C–C–N with tert-alkyl or cyclic N) is 1. The minimum Gasteiger partial charge on any atom is -0.507 e. The van der Waals surface area contributed by atoms with Crippen LogP contribution in [0.25, 0.3) is 21.7 Å². The second-order valence-corrected chi connectivity index (χ2v) is 21.9. The highest BCUT2D eigenvalue weighted by atomic mass is 32.1. The van der Waals surface area contributed by atoms with Crippen LogP contribution in [0.2, 0.25) is 0 Å². The Morgan fingerprint density at radius 3 is 2.19 bits per heavy atom. The van der Waals surface area contributed by atoms with Crippen LogP contribution in [0.3, 0.4) is 0 Å². The number of aromatic nitrogens is 3. The Bertz CT molecular complexity index is 2640. The molecule has 5 aromatic rings. The number of aryl methyl sites for hydroxylation is 1. The first-order valence-electron chi connectivity index (χ1n) is 26.6. The predicted octanol–water partition coefficient (Wildman–Crippen LogP) is 9.04. The molecule has 1 aliphatic rings. The summed E-state index contributed by atoms with van der Waals surface area (Å²) < 4.78 is 5.95. The van der Waals surface area contributed by atoms with Crippen molar-refractivity contribution in [1.82, 2.24) is 35.6 Å². The Balaban J connectivity index is 0.801. The number of phenolic OH excluding ortho intramolecular Hbond substituents is 1. The molecule has 3 aromatic carbocycles. The molecule has 6 rings (SSSR count). The van der Waals surface area contributed by atoms with Gasteiger partial charge in [0, 0.05) is 76.7 Å². The quantitative estimate of drug-likeness (QED) is 0.0312. The summed E-state index contributed by atoms with van der Waals surface area (Å²) in [6, 6.07) is 22.9. The van der Waals surface area contributed by atoms with Crippen LogP contribution in [0, 0.1) is 12.3 Å². The zero-order valence-corrected chi connectivity index (χ0v) is 45.8. The fourth-order valence-electron chi connectivity index (χ4n) is 9.38. The molecule has 0 spiro atoms. The molecule has 1 fully saturated rings. The van der Waals surface area contributed by atoms with Gasteiger partial charge in [0.15, 0.2) is 11.6 Å². The second kappa shape index (κ2) is 27.8. The smallest absolute Gasteiger partial charge is 0.246 e. The maximum atomic E-state index is 14.1. The number of likely N-dealkylation sites (tertiary alicyclic amines) is 1. The van der Waals surface area contributed by atoms with E-state index in [0.29, 0.717) is 55.8 Å². The van der Waals surface area contributed by atoms with Gasteiger partial charge in [0.2, 0.25) is 23.6 Å². The van der Waals surface area contributed by atoms with E-state index in [9.17, 15) is 29.4 Å². The first-order chi connectivity index (χ1) is 35.9. The Kier molecular flexibility index (Phi) is 21.4. The third-order valence-electron chi connectivity index (χ3n) is 14.0. The average Bonchev–Trinajstić information content (AvgIpc) is 4.01. The topological polar surface area (TPSA) is 216 Å². The van der Waals surface area contributed by atoms with E-state index < -0.39 is 23.6 Å². The molecule has 16 nitrogen and oxygen atoms in total. The molecule has 1 saturated heterocycles. The molecule has 0 radical (unpaired) electrons. The van der Waals surface area contributed by atoms with Gasteiger partial charge in [0.25, 0.3) is 0 Å². The van der Waals surface area contributed by atoms with E-state index in [1.807, 2.05) is 82.4 Å². The number of unbranched alkanes of at least 4 members (excludes halogenated alkanes) is 7. The molecule has 4 atom stereocenters. The van der Waals surface area contributed by atoms with Crippen LogP contribution in [0.4, 0.5) is 11.5 Å². The molecule has 17 heteroatoms. The van der Waals surface area contributed by atoms with Crippen molar-refractivity contribution in [2.75, 3.05) is 51.0 Å². The maximum Gasteiger partial charge on any atom is 0.246 e. The summed E-state index contributed by atoms with van der Waals surface area (Å²) >= 11 is 1.58. The monoisotopic (exact) mass is 1050 g/mol. The number of amides is 4. The summed E-state index contributed by atoms with van der Waals surface area (Å²) in [6.45, 7) is 11.5. The number of anilines is 2. The van der Waals surface area contributed by atoms with Gasteiger partial charge in [0.05, 0.1) is 34.8 Å². The number of rotatable bonds is 27. The third kappa shape index (κ3) is 17.0. The number of carbonyl (C=O) groups excluding carboxylic acids is 4. The van der Waals surface area contributed by atoms with Crippen LogP contribution in [0.5, 0.6) is 11.5 Å². The summed E-state index contributed by atoms with van der Waals surface area (Å²) in [5.41, 5.74) is 13.4. The van der Waals surface area contributed by atoms with E-state index in [1.165, 1.54) is 4.90 Å². The minimum atomic E-state index is -0.859. The van der Waals surface area contributed by atoms with Crippen molar-refractivity contribution < 1.29 is 34.1 Å². The van der Waals surface area contributed by atoms with E-state index in [-0.39, 0.29) is 54.2 Å². The molecule has 0 saturated carbocycles. The fourth-order valence-corrected chi connectivity index (χ4v) is 10.2. The zero-order valence-electron chi connectivity index (χ0n) is 45.0. The van der Waals surface area contributed by atoms with Gasteiger partial charge < -0.3 is 46.0 Å². The zero-order chi connectivity index (χ0) is 54.1. The van der Waals surface area contributed by atoms with Gasteiger partial charge in [0.1, 0.15) is 23.5 Å². The van der Waals surface area contributed by atoms with Gasteiger partial charge in [-0.2, -0.15) is 0 Å². The number of carbonyl (C=O) groups is 4. The van der Waals surface area contributed by atoms with E-state index in [1.54, 1.807) is 35.6 Å². The molecule has 2 aromatic heterocycles. The number of nitrogens with one attached hydrogen (secondary N) is 2. The Hall–Kier alpha value is -6.59. The Morgan fingerprint density at radius 1 is 0.867 bits per heavy atom. The summed E-state index contributed by atoms with van der Waals surface area (Å²) in [7, 11) is 3.94. The van der Waals surface area contributed by atoms with Crippen molar-refractivity contribution in [3.8, 4) is 33.2 Å². The van der Waals surface area contributed by atoms with Gasteiger partial charge in [-0.1, -0.05) is 108 Å². The van der Waals surface area contributed by atoms with Gasteiger partial charge in [-0.15, -0.1) is 21.5 Å². The molecule has 4 amide bonds. The lowest BCUT2D eigenvalue weighted by atomic mass is 9.85. The Morgan fingerprint density at radius 2 is 1.53 bits per heavy atom. The van der Waals surface area contributed by atoms with E-state index >= 15 is 0 Å². The second-order valence-electron chi connectivity index (χ2n) is 21.1. The largest absolute Gasteiger partial charge is 0.507 e. The van der Waals surface area contributed by atoms with Crippen molar-refractivity contribution in [1.29, 1.82) is 0 Å². The van der Waals surface area contributed by atoms with Gasteiger partial charge >= 0.3 is 0 Å². The number of nitrogen functional groups attached to an aromatic ring is 1. The number of benzene rings is 3. The molecule has 0 bridgehead atoms. The number of ether oxygens (including phenoxy) is 1. The summed E-state index contributed by atoms with van der Waals surface area (Å²) in [4.78, 5) is 64.8. The van der Waals surface area contributed by atoms with Crippen molar-refractivity contribution in [2.45, 2.75) is 142 Å². The van der Waals surface area contributed by atoms with Gasteiger partial charge in [-0.25, -0.2) is 4.98 Å². The Labute approximate surface area is 447 Å². The predicted molar refractivity (Wildman–Crippen MR) is 297 cm³/mol. The van der Waals surface area contributed by atoms with Crippen molar-refractivity contribution in [3.63, 3.8) is 0 Å². The number of hydrogen-bond acceptors (Lipinski definition) is 13. The molecule has 404 valence electrons. The van der Waals surface area contributed by atoms with Crippen LogP contribution in [0.1, 0.15) is 128 Å². The molecule has 6 N–H and O–H groups in total. The SMILES string of the molecule is Cc1ncsc1-c1ccc(C(C)NC(=O)C2CC(O)CN2C(=O)C(NC(=O)CCCCCCCCCCC(=O)N(C)CCCN(C)c2ccc(CCOc3cc(-c4ccccc4O)nnc3N)cc2)C(C)(C)C)cc1. The van der Waals surface area contributed by atoms with Crippen molar-refractivity contribution >= 4 is 46.5 Å². The van der Waals surface area contributed by atoms with Crippen LogP contribution >= 0.6 is 11.3 Å². The number of aromatic hydroxyl groups is 1. The first-order valence-corrected chi connectivity index (χ1v) is 27.4. The molecule has 75 heavy (non-hydrogen) atoms. The minimum absolute atomic E-state index is 0.0255. The highest BCUT2D eigenvalue weighted by Gasteiger charge is 2.44. The maximum absolute atomic E-state index is 14.1. The normalized spacial score (nSPS) is 15.3. The van der Waals surface area contributed by atoms with Crippen molar-refractivity contribution in [2.24, 2.45) is 5.41 Å². The van der Waals surface area contributed by atoms with E-state index in [0.717, 1.165) is 90.9 Å². The number of para-hydroxylation sites is 1. The lowest BCUT2D eigenvalue weighted by Crippen LogP contribution is -2.57. The highest BCUT2D eigenvalue weighted by Crippen LogP contribution is 2.32. The molecule has 3 heterocycles. The van der Waals surface area contributed by atoms with E-state index in [4.69, 9.17) is 10.5 Å². The number of aliphatic hydroxyl groups excluding tert-OH is 1. The summed E-state index contributed by atoms with van der Waals surface area (Å²) in [6.07, 6.45) is 9.34.